The number of benzene rings is 2. The maximum atomic E-state index is 14.6. The Morgan fingerprint density at radius 2 is 1.59 bits per heavy atom. The van der Waals surface area contributed by atoms with Crippen molar-refractivity contribution in [3.05, 3.63) is 76.6 Å². The molecule has 0 radical (unpaired) electrons. The molecule has 0 fully saturated rings. The van der Waals surface area contributed by atoms with Crippen LogP contribution < -0.4 is 16.0 Å². The SMILES string of the molecule is O=C(Nc1ccc(C2=CCNCC2)c(F)c1)c1ccc(C2=CCNCC2)cc1C(F)(F)F. The molecule has 8 heteroatoms. The number of carbonyl (C=O) groups is 1. The Morgan fingerprint density at radius 3 is 2.19 bits per heavy atom. The fraction of sp³-hybridized carbons (Fsp3) is 0.292. The highest BCUT2D eigenvalue weighted by molar-refractivity contribution is 6.05. The summed E-state index contributed by atoms with van der Waals surface area (Å²) >= 11 is 0. The molecule has 2 aromatic carbocycles. The molecule has 2 aromatic rings. The van der Waals surface area contributed by atoms with Crippen molar-refractivity contribution >= 4 is 22.7 Å². The molecular weight excluding hydrogens is 422 g/mol. The van der Waals surface area contributed by atoms with E-state index >= 15 is 0 Å². The standard InChI is InChI=1S/C24H23F4N3O/c25-22-14-18(2-4-19(22)16-7-11-30-12-8-16)31-23(32)20-3-1-17(13-21(20)24(26,27)28)15-5-9-29-10-6-15/h1-5,7,13-14,29-30H,6,8-12H2,(H,31,32). The monoisotopic (exact) mass is 445 g/mol. The van der Waals surface area contributed by atoms with Crippen LogP contribution in [0.25, 0.3) is 11.1 Å². The number of hydrogen-bond donors (Lipinski definition) is 3. The van der Waals surface area contributed by atoms with Gasteiger partial charge in [-0.05, 0) is 73.0 Å². The summed E-state index contributed by atoms with van der Waals surface area (Å²) < 4.78 is 55.8. The zero-order chi connectivity index (χ0) is 22.7. The molecule has 32 heavy (non-hydrogen) atoms. The summed E-state index contributed by atoms with van der Waals surface area (Å²) in [6, 6.07) is 7.90. The Kier molecular flexibility index (Phi) is 6.43. The molecule has 0 saturated heterocycles. The van der Waals surface area contributed by atoms with E-state index in [2.05, 4.69) is 16.0 Å². The highest BCUT2D eigenvalue weighted by Gasteiger charge is 2.36. The summed E-state index contributed by atoms with van der Waals surface area (Å²) in [6.45, 7) is 2.67. The number of hydrogen-bond acceptors (Lipinski definition) is 3. The fourth-order valence-electron chi connectivity index (χ4n) is 3.98. The van der Waals surface area contributed by atoms with Crippen molar-refractivity contribution in [3.8, 4) is 0 Å². The van der Waals surface area contributed by atoms with Gasteiger partial charge in [0.1, 0.15) is 5.82 Å². The molecule has 0 bridgehead atoms. The molecule has 2 heterocycles. The zero-order valence-corrected chi connectivity index (χ0v) is 17.3. The lowest BCUT2D eigenvalue weighted by Crippen LogP contribution is -2.21. The van der Waals surface area contributed by atoms with Crippen LogP contribution in [0.5, 0.6) is 0 Å². The summed E-state index contributed by atoms with van der Waals surface area (Å²) in [7, 11) is 0. The third kappa shape index (κ3) is 4.92. The Bertz CT molecular complexity index is 1090. The number of rotatable bonds is 4. The molecule has 0 spiro atoms. The smallest absolute Gasteiger partial charge is 0.322 e. The second-order valence-electron chi connectivity index (χ2n) is 7.77. The van der Waals surface area contributed by atoms with Gasteiger partial charge in [0.05, 0.1) is 11.1 Å². The van der Waals surface area contributed by atoms with Crippen molar-refractivity contribution in [2.45, 2.75) is 19.0 Å². The Hall–Kier alpha value is -2.97. The lowest BCUT2D eigenvalue weighted by Gasteiger charge is -2.18. The average molecular weight is 445 g/mol. The molecule has 0 atom stereocenters. The van der Waals surface area contributed by atoms with Crippen molar-refractivity contribution in [2.24, 2.45) is 0 Å². The van der Waals surface area contributed by atoms with E-state index in [4.69, 9.17) is 0 Å². The predicted octanol–water partition coefficient (Wildman–Crippen LogP) is 4.85. The number of alkyl halides is 3. The predicted molar refractivity (Wildman–Crippen MR) is 117 cm³/mol. The second-order valence-corrected chi connectivity index (χ2v) is 7.77. The van der Waals surface area contributed by atoms with Crippen molar-refractivity contribution in [2.75, 3.05) is 31.5 Å². The second kappa shape index (κ2) is 9.26. The molecular formula is C24H23F4N3O. The van der Waals surface area contributed by atoms with E-state index in [-0.39, 0.29) is 5.69 Å². The van der Waals surface area contributed by atoms with Gasteiger partial charge in [0.15, 0.2) is 0 Å². The maximum Gasteiger partial charge on any atom is 0.417 e. The van der Waals surface area contributed by atoms with E-state index < -0.39 is 29.0 Å². The van der Waals surface area contributed by atoms with Gasteiger partial charge in [-0.25, -0.2) is 4.39 Å². The fourth-order valence-corrected chi connectivity index (χ4v) is 3.98. The van der Waals surface area contributed by atoms with Crippen LogP contribution in [0.15, 0.2) is 48.6 Å². The minimum atomic E-state index is -4.70. The van der Waals surface area contributed by atoms with E-state index in [1.165, 1.54) is 18.2 Å². The first-order valence-corrected chi connectivity index (χ1v) is 10.5. The van der Waals surface area contributed by atoms with Gasteiger partial charge in [-0.2, -0.15) is 13.2 Å². The van der Waals surface area contributed by atoms with Crippen LogP contribution in [-0.4, -0.2) is 32.1 Å². The Morgan fingerprint density at radius 1 is 0.906 bits per heavy atom. The van der Waals surface area contributed by atoms with Gasteiger partial charge in [0, 0.05) is 24.3 Å². The molecule has 0 saturated carbocycles. The number of halogens is 4. The van der Waals surface area contributed by atoms with E-state index in [0.29, 0.717) is 43.6 Å². The van der Waals surface area contributed by atoms with Gasteiger partial charge in [-0.1, -0.05) is 18.2 Å². The molecule has 0 aliphatic carbocycles. The summed E-state index contributed by atoms with van der Waals surface area (Å²) in [5, 5.41) is 8.67. The average Bonchev–Trinajstić information content (AvgIpc) is 2.79. The first-order valence-electron chi connectivity index (χ1n) is 10.5. The number of anilines is 1. The summed E-state index contributed by atoms with van der Waals surface area (Å²) in [5.41, 5.74) is 1.14. The minimum absolute atomic E-state index is 0.101. The van der Waals surface area contributed by atoms with Gasteiger partial charge in [-0.15, -0.1) is 0 Å². The Balaban J connectivity index is 1.59. The van der Waals surface area contributed by atoms with Crippen molar-refractivity contribution < 1.29 is 22.4 Å². The van der Waals surface area contributed by atoms with E-state index in [0.717, 1.165) is 29.8 Å². The van der Waals surface area contributed by atoms with Gasteiger partial charge in [0.25, 0.3) is 5.91 Å². The van der Waals surface area contributed by atoms with Crippen LogP contribution in [0.1, 0.15) is 39.9 Å². The van der Waals surface area contributed by atoms with Crippen molar-refractivity contribution in [1.29, 1.82) is 0 Å². The number of nitrogens with one attached hydrogen (secondary N) is 3. The normalized spacial score (nSPS) is 16.9. The number of carbonyl (C=O) groups excluding carboxylic acids is 1. The van der Waals surface area contributed by atoms with Crippen LogP contribution in [0.2, 0.25) is 0 Å². The van der Waals surface area contributed by atoms with Crippen molar-refractivity contribution in [3.63, 3.8) is 0 Å². The minimum Gasteiger partial charge on any atom is -0.322 e. The largest absolute Gasteiger partial charge is 0.417 e. The molecule has 4 nitrogen and oxygen atoms in total. The molecule has 3 N–H and O–H groups in total. The highest BCUT2D eigenvalue weighted by Crippen LogP contribution is 2.35. The maximum absolute atomic E-state index is 14.6. The molecule has 0 aromatic heterocycles. The van der Waals surface area contributed by atoms with Gasteiger partial charge in [0.2, 0.25) is 0 Å². The topological polar surface area (TPSA) is 53.2 Å². The summed E-state index contributed by atoms with van der Waals surface area (Å²) in [5.74, 6) is -1.46. The quantitative estimate of drug-likeness (QED) is 0.590. The molecule has 0 unspecified atom stereocenters. The van der Waals surface area contributed by atoms with Crippen LogP contribution in [0.4, 0.5) is 23.2 Å². The molecule has 1 amide bonds. The van der Waals surface area contributed by atoms with Crippen LogP contribution in [0.3, 0.4) is 0 Å². The zero-order valence-electron chi connectivity index (χ0n) is 17.3. The Labute approximate surface area is 183 Å². The molecule has 2 aliphatic rings. The summed E-state index contributed by atoms with van der Waals surface area (Å²) in [6.07, 6.45) is 0.334. The highest BCUT2D eigenvalue weighted by atomic mass is 19.4. The van der Waals surface area contributed by atoms with Crippen LogP contribution >= 0.6 is 0 Å². The van der Waals surface area contributed by atoms with E-state index in [1.54, 1.807) is 6.07 Å². The third-order valence-electron chi connectivity index (χ3n) is 5.64. The van der Waals surface area contributed by atoms with Gasteiger partial charge in [-0.3, -0.25) is 4.79 Å². The first-order chi connectivity index (χ1) is 15.3. The molecule has 4 rings (SSSR count). The van der Waals surface area contributed by atoms with Crippen molar-refractivity contribution in [1.82, 2.24) is 10.6 Å². The van der Waals surface area contributed by atoms with Crippen LogP contribution in [0, 0.1) is 5.82 Å². The summed E-state index contributed by atoms with van der Waals surface area (Å²) in [4.78, 5) is 12.7. The molecule has 2 aliphatic heterocycles. The lowest BCUT2D eigenvalue weighted by molar-refractivity contribution is -0.137. The van der Waals surface area contributed by atoms with Gasteiger partial charge >= 0.3 is 6.18 Å². The van der Waals surface area contributed by atoms with E-state index in [9.17, 15) is 22.4 Å². The number of amides is 1. The molecule has 168 valence electrons. The van der Waals surface area contributed by atoms with Crippen LogP contribution in [-0.2, 0) is 6.18 Å². The first kappa shape index (κ1) is 22.2. The third-order valence-corrected chi connectivity index (χ3v) is 5.64. The van der Waals surface area contributed by atoms with E-state index in [1.807, 2.05) is 12.2 Å². The lowest BCUT2D eigenvalue weighted by atomic mass is 9.95. The van der Waals surface area contributed by atoms with Gasteiger partial charge < -0.3 is 16.0 Å².